The minimum absolute atomic E-state index is 0.275. The Hall–Kier alpha value is -1.22. The fraction of sp³-hybridized carbons (Fsp3) is 0.455. The minimum atomic E-state index is -0.473. The molecule has 0 fully saturated rings. The van der Waals surface area contributed by atoms with Crippen molar-refractivity contribution in [3.63, 3.8) is 0 Å². The molecule has 0 radical (unpaired) electrons. The van der Waals surface area contributed by atoms with E-state index in [0.29, 0.717) is 11.4 Å². The third kappa shape index (κ3) is 2.92. The van der Waals surface area contributed by atoms with Crippen molar-refractivity contribution in [3.8, 4) is 5.75 Å². The quantitative estimate of drug-likeness (QED) is 0.717. The highest BCUT2D eigenvalue weighted by Crippen LogP contribution is 2.23. The van der Waals surface area contributed by atoms with Gasteiger partial charge in [-0.25, -0.2) is 0 Å². The standard InChI is InChI=1S/C11H17NO2/c1-3-9-4-5-10(12)11(6-9)14-7-8(2)13/h4-6,8,13H,3,7,12H2,1-2H3. The molecule has 3 nitrogen and oxygen atoms in total. The highest BCUT2D eigenvalue weighted by atomic mass is 16.5. The SMILES string of the molecule is CCc1ccc(N)c(OCC(C)O)c1. The summed E-state index contributed by atoms with van der Waals surface area (Å²) in [5.41, 5.74) is 7.52. The molecule has 1 atom stereocenters. The summed E-state index contributed by atoms with van der Waals surface area (Å²) in [4.78, 5) is 0. The molecular formula is C11H17NO2. The van der Waals surface area contributed by atoms with Crippen LogP contribution >= 0.6 is 0 Å². The van der Waals surface area contributed by atoms with Crippen LogP contribution in [0.4, 0.5) is 5.69 Å². The van der Waals surface area contributed by atoms with Gasteiger partial charge in [0, 0.05) is 0 Å². The molecule has 0 aromatic heterocycles. The van der Waals surface area contributed by atoms with Crippen molar-refractivity contribution in [2.24, 2.45) is 0 Å². The summed E-state index contributed by atoms with van der Waals surface area (Å²) >= 11 is 0. The van der Waals surface area contributed by atoms with E-state index in [1.807, 2.05) is 18.2 Å². The predicted octanol–water partition coefficient (Wildman–Crippen LogP) is 1.59. The summed E-state index contributed by atoms with van der Waals surface area (Å²) in [6, 6.07) is 5.72. The van der Waals surface area contributed by atoms with Gasteiger partial charge in [-0.1, -0.05) is 13.0 Å². The molecule has 0 aliphatic carbocycles. The van der Waals surface area contributed by atoms with Crippen LogP contribution in [-0.2, 0) is 6.42 Å². The van der Waals surface area contributed by atoms with Crippen LogP contribution in [0.5, 0.6) is 5.75 Å². The predicted molar refractivity (Wildman–Crippen MR) is 57.4 cm³/mol. The molecule has 0 aliphatic rings. The number of rotatable bonds is 4. The van der Waals surface area contributed by atoms with Gasteiger partial charge in [0.15, 0.2) is 0 Å². The van der Waals surface area contributed by atoms with E-state index in [1.54, 1.807) is 6.92 Å². The monoisotopic (exact) mass is 195 g/mol. The molecule has 3 heteroatoms. The minimum Gasteiger partial charge on any atom is -0.489 e. The van der Waals surface area contributed by atoms with Gasteiger partial charge in [-0.15, -0.1) is 0 Å². The summed E-state index contributed by atoms with van der Waals surface area (Å²) in [5.74, 6) is 0.658. The molecule has 0 aliphatic heterocycles. The van der Waals surface area contributed by atoms with Crippen LogP contribution in [0.2, 0.25) is 0 Å². The highest BCUT2D eigenvalue weighted by molar-refractivity contribution is 5.53. The second-order valence-corrected chi connectivity index (χ2v) is 3.39. The molecule has 14 heavy (non-hydrogen) atoms. The zero-order valence-corrected chi connectivity index (χ0v) is 8.66. The highest BCUT2D eigenvalue weighted by Gasteiger charge is 2.03. The Morgan fingerprint density at radius 3 is 2.79 bits per heavy atom. The van der Waals surface area contributed by atoms with Crippen LogP contribution in [0, 0.1) is 0 Å². The topological polar surface area (TPSA) is 55.5 Å². The van der Waals surface area contributed by atoms with E-state index in [1.165, 1.54) is 5.56 Å². The number of nitrogen functional groups attached to an aromatic ring is 1. The first-order valence-corrected chi connectivity index (χ1v) is 4.82. The Labute approximate surface area is 84.5 Å². The first-order valence-electron chi connectivity index (χ1n) is 4.82. The molecule has 0 bridgehead atoms. The van der Waals surface area contributed by atoms with Crippen molar-refractivity contribution in [2.75, 3.05) is 12.3 Å². The van der Waals surface area contributed by atoms with Gasteiger partial charge in [-0.05, 0) is 31.0 Å². The second kappa shape index (κ2) is 4.86. The number of hydrogen-bond acceptors (Lipinski definition) is 3. The zero-order chi connectivity index (χ0) is 10.6. The number of ether oxygens (including phenoxy) is 1. The normalized spacial score (nSPS) is 12.5. The molecule has 1 aromatic carbocycles. The van der Waals surface area contributed by atoms with Crippen molar-refractivity contribution in [2.45, 2.75) is 26.4 Å². The number of aliphatic hydroxyl groups excluding tert-OH is 1. The molecule has 1 aromatic rings. The maximum atomic E-state index is 9.07. The Morgan fingerprint density at radius 1 is 1.50 bits per heavy atom. The summed E-state index contributed by atoms with van der Waals surface area (Å²) in [5, 5.41) is 9.07. The van der Waals surface area contributed by atoms with E-state index in [0.717, 1.165) is 6.42 Å². The third-order valence-electron chi connectivity index (χ3n) is 1.97. The fourth-order valence-electron chi connectivity index (χ4n) is 1.13. The third-order valence-corrected chi connectivity index (χ3v) is 1.97. The Bertz CT molecular complexity index is 297. The molecule has 0 saturated heterocycles. The van der Waals surface area contributed by atoms with E-state index >= 15 is 0 Å². The van der Waals surface area contributed by atoms with Crippen LogP contribution < -0.4 is 10.5 Å². The summed E-state index contributed by atoms with van der Waals surface area (Å²) in [7, 11) is 0. The van der Waals surface area contributed by atoms with Crippen molar-refractivity contribution in [3.05, 3.63) is 23.8 Å². The van der Waals surface area contributed by atoms with Crippen molar-refractivity contribution < 1.29 is 9.84 Å². The van der Waals surface area contributed by atoms with E-state index in [2.05, 4.69) is 6.92 Å². The van der Waals surface area contributed by atoms with Crippen LogP contribution in [0.1, 0.15) is 19.4 Å². The maximum Gasteiger partial charge on any atom is 0.142 e. The van der Waals surface area contributed by atoms with Crippen molar-refractivity contribution in [1.82, 2.24) is 0 Å². The molecule has 0 amide bonds. The first-order chi connectivity index (χ1) is 6.63. The van der Waals surface area contributed by atoms with Gasteiger partial charge in [-0.3, -0.25) is 0 Å². The van der Waals surface area contributed by atoms with E-state index in [4.69, 9.17) is 15.6 Å². The van der Waals surface area contributed by atoms with E-state index in [9.17, 15) is 0 Å². The molecule has 0 saturated carbocycles. The number of nitrogens with two attached hydrogens (primary N) is 1. The molecule has 1 unspecified atom stereocenters. The number of aliphatic hydroxyl groups is 1. The average molecular weight is 195 g/mol. The lowest BCUT2D eigenvalue weighted by Gasteiger charge is -2.11. The van der Waals surface area contributed by atoms with E-state index in [-0.39, 0.29) is 6.61 Å². The summed E-state index contributed by atoms with van der Waals surface area (Å²) < 4.78 is 5.37. The van der Waals surface area contributed by atoms with Crippen LogP contribution in [-0.4, -0.2) is 17.8 Å². The van der Waals surface area contributed by atoms with Gasteiger partial charge in [0.1, 0.15) is 12.4 Å². The molecule has 0 heterocycles. The Morgan fingerprint density at radius 2 is 2.21 bits per heavy atom. The van der Waals surface area contributed by atoms with Gasteiger partial charge in [-0.2, -0.15) is 0 Å². The van der Waals surface area contributed by atoms with Crippen LogP contribution in [0.3, 0.4) is 0 Å². The first kappa shape index (κ1) is 10.9. The van der Waals surface area contributed by atoms with Gasteiger partial charge in [0.05, 0.1) is 11.8 Å². The van der Waals surface area contributed by atoms with E-state index < -0.39 is 6.10 Å². The van der Waals surface area contributed by atoms with Gasteiger partial charge in [0.2, 0.25) is 0 Å². The van der Waals surface area contributed by atoms with Gasteiger partial charge < -0.3 is 15.6 Å². The lowest BCUT2D eigenvalue weighted by atomic mass is 10.1. The number of anilines is 1. The maximum absolute atomic E-state index is 9.07. The zero-order valence-electron chi connectivity index (χ0n) is 8.66. The fourth-order valence-corrected chi connectivity index (χ4v) is 1.13. The average Bonchev–Trinajstić information content (AvgIpc) is 2.16. The smallest absolute Gasteiger partial charge is 0.142 e. The van der Waals surface area contributed by atoms with Gasteiger partial charge in [0.25, 0.3) is 0 Å². The molecule has 3 N–H and O–H groups in total. The number of aryl methyl sites for hydroxylation is 1. The second-order valence-electron chi connectivity index (χ2n) is 3.39. The molecule has 0 spiro atoms. The lowest BCUT2D eigenvalue weighted by molar-refractivity contribution is 0.123. The Balaban J connectivity index is 2.73. The van der Waals surface area contributed by atoms with Crippen molar-refractivity contribution >= 4 is 5.69 Å². The largest absolute Gasteiger partial charge is 0.489 e. The molecule has 78 valence electrons. The number of hydrogen-bond donors (Lipinski definition) is 2. The van der Waals surface area contributed by atoms with Crippen molar-refractivity contribution in [1.29, 1.82) is 0 Å². The summed E-state index contributed by atoms with van der Waals surface area (Å²) in [6.45, 7) is 4.03. The Kier molecular flexibility index (Phi) is 3.77. The van der Waals surface area contributed by atoms with Gasteiger partial charge >= 0.3 is 0 Å². The number of benzene rings is 1. The molecule has 1 rings (SSSR count). The summed E-state index contributed by atoms with van der Waals surface area (Å²) in [6.07, 6.45) is 0.477. The lowest BCUT2D eigenvalue weighted by Crippen LogP contribution is -2.13. The van der Waals surface area contributed by atoms with Crippen LogP contribution in [0.15, 0.2) is 18.2 Å². The molecular weight excluding hydrogens is 178 g/mol. The van der Waals surface area contributed by atoms with Crippen LogP contribution in [0.25, 0.3) is 0 Å².